The Morgan fingerprint density at radius 2 is 1.04 bits per heavy atom. The van der Waals surface area contributed by atoms with Crippen molar-refractivity contribution in [3.05, 3.63) is 48.5 Å². The van der Waals surface area contributed by atoms with Crippen LogP contribution in [0.4, 0.5) is 0 Å². The number of hydrogen-bond donors (Lipinski definition) is 0. The van der Waals surface area contributed by atoms with E-state index in [0.717, 1.165) is 16.9 Å². The van der Waals surface area contributed by atoms with Gasteiger partial charge in [-0.25, -0.2) is 16.8 Å². The standard InChI is InChI=1S/C15H17NO5S4/c1-21-16(24(17,18)14-8-4-12(22-2)5-9-14)25(19,20)15-10-6-13(23-3)7-11-15/h4-11H,1-3H3. The highest BCUT2D eigenvalue weighted by atomic mass is 32.3. The lowest BCUT2D eigenvalue weighted by molar-refractivity contribution is 0.0290. The Morgan fingerprint density at radius 3 is 1.28 bits per heavy atom. The maximum Gasteiger partial charge on any atom is 0.279 e. The van der Waals surface area contributed by atoms with Crippen molar-refractivity contribution in [3.8, 4) is 0 Å². The molecule has 2 aromatic rings. The van der Waals surface area contributed by atoms with Crippen LogP contribution in [0.3, 0.4) is 0 Å². The Bertz CT molecular complexity index is 845. The molecule has 0 saturated heterocycles. The smallest absolute Gasteiger partial charge is 0.273 e. The predicted molar refractivity (Wildman–Crippen MR) is 99.7 cm³/mol. The Balaban J connectivity index is 2.47. The first-order valence-corrected chi connectivity index (χ1v) is 12.2. The van der Waals surface area contributed by atoms with Crippen LogP contribution >= 0.6 is 23.5 Å². The van der Waals surface area contributed by atoms with E-state index >= 15 is 0 Å². The van der Waals surface area contributed by atoms with Gasteiger partial charge >= 0.3 is 0 Å². The highest BCUT2D eigenvalue weighted by molar-refractivity contribution is 8.03. The molecule has 10 heteroatoms. The molecule has 0 unspecified atom stereocenters. The average molecular weight is 420 g/mol. The van der Waals surface area contributed by atoms with Crippen LogP contribution in [-0.2, 0) is 24.9 Å². The summed E-state index contributed by atoms with van der Waals surface area (Å²) in [5, 5.41) is 0. The molecule has 0 radical (unpaired) electrons. The molecule has 0 fully saturated rings. The van der Waals surface area contributed by atoms with E-state index in [-0.39, 0.29) is 13.7 Å². The SMILES string of the molecule is CON(S(=O)(=O)c1ccc(SC)cc1)S(=O)(=O)c1ccc(SC)cc1. The summed E-state index contributed by atoms with van der Waals surface area (Å²) in [7, 11) is -7.78. The number of sulfonamides is 2. The fourth-order valence-electron chi connectivity index (χ4n) is 1.99. The van der Waals surface area contributed by atoms with Crippen molar-refractivity contribution in [3.63, 3.8) is 0 Å². The van der Waals surface area contributed by atoms with E-state index in [1.807, 2.05) is 12.5 Å². The molecule has 0 spiro atoms. The van der Waals surface area contributed by atoms with Gasteiger partial charge in [0.15, 0.2) is 0 Å². The van der Waals surface area contributed by atoms with Crippen molar-refractivity contribution < 1.29 is 21.7 Å². The van der Waals surface area contributed by atoms with Crippen LogP contribution in [0.1, 0.15) is 0 Å². The van der Waals surface area contributed by atoms with E-state index in [0.29, 0.717) is 0 Å². The summed E-state index contributed by atoms with van der Waals surface area (Å²) in [6.07, 6.45) is 3.71. The van der Waals surface area contributed by atoms with Crippen LogP contribution in [0.2, 0.25) is 0 Å². The van der Waals surface area contributed by atoms with Crippen molar-refractivity contribution in [2.45, 2.75) is 19.6 Å². The van der Waals surface area contributed by atoms with Gasteiger partial charge in [0.25, 0.3) is 20.0 Å². The average Bonchev–Trinajstić information content (AvgIpc) is 2.62. The molecule has 6 nitrogen and oxygen atoms in total. The molecule has 2 rings (SSSR count). The summed E-state index contributed by atoms with van der Waals surface area (Å²) in [6, 6.07) is 11.8. The van der Waals surface area contributed by atoms with Crippen LogP contribution in [0.25, 0.3) is 0 Å². The number of hydrogen-bond acceptors (Lipinski definition) is 7. The van der Waals surface area contributed by atoms with Gasteiger partial charge in [-0.05, 0) is 61.0 Å². The first kappa shape index (κ1) is 20.3. The van der Waals surface area contributed by atoms with Gasteiger partial charge in [0.1, 0.15) is 0 Å². The number of rotatable bonds is 7. The molecule has 0 saturated carbocycles. The van der Waals surface area contributed by atoms with E-state index in [2.05, 4.69) is 0 Å². The zero-order chi connectivity index (χ0) is 18.7. The van der Waals surface area contributed by atoms with Crippen LogP contribution < -0.4 is 0 Å². The molecule has 0 amide bonds. The predicted octanol–water partition coefficient (Wildman–Crippen LogP) is 3.07. The third kappa shape index (κ3) is 4.21. The van der Waals surface area contributed by atoms with E-state index in [1.54, 1.807) is 24.3 Å². The quantitative estimate of drug-likeness (QED) is 0.504. The van der Waals surface area contributed by atoms with Crippen LogP contribution in [-0.4, -0.2) is 40.3 Å². The Hall–Kier alpha value is -1.04. The summed E-state index contributed by atoms with van der Waals surface area (Å²) in [4.78, 5) is 6.13. The Labute approximate surface area is 156 Å². The number of benzene rings is 2. The zero-order valence-electron chi connectivity index (χ0n) is 13.7. The third-order valence-electron chi connectivity index (χ3n) is 3.26. The topological polar surface area (TPSA) is 80.8 Å². The largest absolute Gasteiger partial charge is 0.279 e. The van der Waals surface area contributed by atoms with E-state index in [1.165, 1.54) is 47.8 Å². The third-order valence-corrected chi connectivity index (χ3v) is 8.74. The van der Waals surface area contributed by atoms with E-state index < -0.39 is 20.0 Å². The van der Waals surface area contributed by atoms with Gasteiger partial charge in [-0.3, -0.25) is 4.84 Å². The second-order valence-corrected chi connectivity index (χ2v) is 10.2. The highest BCUT2D eigenvalue weighted by Gasteiger charge is 2.37. The van der Waals surface area contributed by atoms with Gasteiger partial charge in [-0.2, -0.15) is 0 Å². The first-order valence-electron chi connectivity index (χ1n) is 6.90. The molecule has 0 aliphatic rings. The normalized spacial score (nSPS) is 12.5. The molecule has 0 heterocycles. The molecule has 2 aromatic carbocycles. The lowest BCUT2D eigenvalue weighted by Crippen LogP contribution is -2.36. The van der Waals surface area contributed by atoms with Crippen LogP contribution in [0, 0.1) is 0 Å². The van der Waals surface area contributed by atoms with Crippen LogP contribution in [0.15, 0.2) is 68.1 Å². The molecule has 0 N–H and O–H groups in total. The fraction of sp³-hybridized carbons (Fsp3) is 0.200. The molecule has 0 aliphatic heterocycles. The zero-order valence-corrected chi connectivity index (χ0v) is 17.0. The van der Waals surface area contributed by atoms with Gasteiger partial charge in [-0.1, -0.05) is 0 Å². The second kappa shape index (κ2) is 8.11. The number of thioether (sulfide) groups is 2. The van der Waals surface area contributed by atoms with Crippen molar-refractivity contribution in [1.29, 1.82) is 0 Å². The maximum absolute atomic E-state index is 12.7. The molecular weight excluding hydrogens is 402 g/mol. The molecular formula is C15H17NO5S4. The summed E-state index contributed by atoms with van der Waals surface area (Å²) >= 11 is 2.90. The van der Waals surface area contributed by atoms with Gasteiger partial charge < -0.3 is 0 Å². The lowest BCUT2D eigenvalue weighted by atomic mass is 10.4. The molecule has 0 aliphatic carbocycles. The van der Waals surface area contributed by atoms with Crippen molar-refractivity contribution >= 4 is 43.6 Å². The van der Waals surface area contributed by atoms with Crippen LogP contribution in [0.5, 0.6) is 0 Å². The summed E-state index contributed by atoms with van der Waals surface area (Å²) in [5.41, 5.74) is 0. The van der Waals surface area contributed by atoms with Crippen molar-refractivity contribution in [1.82, 2.24) is 3.87 Å². The van der Waals surface area contributed by atoms with Crippen molar-refractivity contribution in [2.24, 2.45) is 0 Å². The Morgan fingerprint density at radius 1 is 0.720 bits per heavy atom. The highest BCUT2D eigenvalue weighted by Crippen LogP contribution is 2.27. The minimum absolute atomic E-state index is 0.0438. The van der Waals surface area contributed by atoms with Gasteiger partial charge in [0, 0.05) is 13.7 Å². The first-order chi connectivity index (χ1) is 11.8. The van der Waals surface area contributed by atoms with Crippen molar-refractivity contribution in [2.75, 3.05) is 19.6 Å². The summed E-state index contributed by atoms with van der Waals surface area (Å²) in [5.74, 6) is 0. The van der Waals surface area contributed by atoms with Gasteiger partial charge in [0.2, 0.25) is 0 Å². The Kier molecular flexibility index (Phi) is 6.57. The second-order valence-electron chi connectivity index (χ2n) is 4.71. The fourth-order valence-corrected chi connectivity index (χ4v) is 6.06. The monoisotopic (exact) mass is 419 g/mol. The molecule has 136 valence electrons. The molecule has 0 bridgehead atoms. The van der Waals surface area contributed by atoms with E-state index in [4.69, 9.17) is 4.84 Å². The van der Waals surface area contributed by atoms with Gasteiger partial charge in [-0.15, -0.1) is 23.5 Å². The molecule has 0 aromatic heterocycles. The maximum atomic E-state index is 12.7. The number of nitrogens with zero attached hydrogens (tertiary/aromatic N) is 1. The summed E-state index contributed by atoms with van der Waals surface area (Å²) < 4.78 is 50.9. The molecule has 25 heavy (non-hydrogen) atoms. The van der Waals surface area contributed by atoms with Gasteiger partial charge in [0.05, 0.1) is 16.9 Å². The minimum atomic E-state index is -4.39. The lowest BCUT2D eigenvalue weighted by Gasteiger charge is -2.19. The van der Waals surface area contributed by atoms with E-state index in [9.17, 15) is 16.8 Å². The minimum Gasteiger partial charge on any atom is -0.273 e. The summed E-state index contributed by atoms with van der Waals surface area (Å²) in [6.45, 7) is 0. The molecule has 0 atom stereocenters.